The second kappa shape index (κ2) is 6.06. The molecule has 0 saturated carbocycles. The maximum atomic E-state index is 5.71. The molecule has 0 aliphatic carbocycles. The number of furan rings is 1. The Morgan fingerprint density at radius 3 is 2.78 bits per heavy atom. The molecule has 2 aromatic rings. The van der Waals surface area contributed by atoms with Crippen LogP contribution >= 0.6 is 11.8 Å². The molecule has 0 amide bonds. The van der Waals surface area contributed by atoms with Crippen molar-refractivity contribution in [1.82, 2.24) is 20.1 Å². The first kappa shape index (κ1) is 13.2. The van der Waals surface area contributed by atoms with Gasteiger partial charge in [-0.25, -0.2) is 0 Å². The van der Waals surface area contributed by atoms with Gasteiger partial charge in [0.25, 0.3) is 0 Å². The average Bonchev–Trinajstić information content (AvgIpc) is 2.94. The fourth-order valence-corrected chi connectivity index (χ4v) is 2.34. The minimum atomic E-state index is 0.776. The topological polar surface area (TPSA) is 55.9 Å². The van der Waals surface area contributed by atoms with Gasteiger partial charge in [-0.15, -0.1) is 10.2 Å². The van der Waals surface area contributed by atoms with E-state index in [0.29, 0.717) is 0 Å². The van der Waals surface area contributed by atoms with Crippen LogP contribution in [0.25, 0.3) is 0 Å². The van der Waals surface area contributed by atoms with Crippen molar-refractivity contribution in [3.05, 3.63) is 29.5 Å². The number of nitrogens with zero attached hydrogens (tertiary/aromatic N) is 3. The standard InChI is InChI=1S/C12H18N4OS/c1-4-13-7-10-5-6-11(17-10)8-18-12-15-14-9(2)16(12)3/h5-6,13H,4,7-8H2,1-3H3. The molecule has 2 aromatic heterocycles. The third-order valence-corrected chi connectivity index (χ3v) is 3.71. The van der Waals surface area contributed by atoms with E-state index in [4.69, 9.17) is 4.42 Å². The molecule has 0 aliphatic heterocycles. The van der Waals surface area contributed by atoms with E-state index in [1.54, 1.807) is 11.8 Å². The predicted octanol–water partition coefficient (Wildman–Crippen LogP) is 2.12. The van der Waals surface area contributed by atoms with E-state index >= 15 is 0 Å². The van der Waals surface area contributed by atoms with Gasteiger partial charge in [-0.2, -0.15) is 0 Å². The Bertz CT molecular complexity index is 506. The van der Waals surface area contributed by atoms with Crippen molar-refractivity contribution in [2.24, 2.45) is 7.05 Å². The van der Waals surface area contributed by atoms with Gasteiger partial charge in [0.05, 0.1) is 12.3 Å². The molecule has 5 nitrogen and oxygen atoms in total. The summed E-state index contributed by atoms with van der Waals surface area (Å²) in [5, 5.41) is 12.3. The van der Waals surface area contributed by atoms with E-state index in [1.807, 2.05) is 30.7 Å². The zero-order chi connectivity index (χ0) is 13.0. The minimum Gasteiger partial charge on any atom is -0.464 e. The Labute approximate surface area is 111 Å². The van der Waals surface area contributed by atoms with E-state index in [1.165, 1.54) is 0 Å². The van der Waals surface area contributed by atoms with Crippen LogP contribution in [0.4, 0.5) is 0 Å². The maximum absolute atomic E-state index is 5.71. The number of hydrogen-bond donors (Lipinski definition) is 1. The highest BCUT2D eigenvalue weighted by atomic mass is 32.2. The maximum Gasteiger partial charge on any atom is 0.191 e. The monoisotopic (exact) mass is 266 g/mol. The molecule has 0 saturated heterocycles. The Morgan fingerprint density at radius 2 is 2.11 bits per heavy atom. The van der Waals surface area contributed by atoms with Crippen molar-refractivity contribution in [1.29, 1.82) is 0 Å². The van der Waals surface area contributed by atoms with Crippen molar-refractivity contribution in [3.63, 3.8) is 0 Å². The highest BCUT2D eigenvalue weighted by molar-refractivity contribution is 7.98. The van der Waals surface area contributed by atoms with Crippen LogP contribution in [0.3, 0.4) is 0 Å². The summed E-state index contributed by atoms with van der Waals surface area (Å²) in [5.74, 6) is 3.64. The van der Waals surface area contributed by atoms with Gasteiger partial charge in [0.15, 0.2) is 5.16 Å². The fraction of sp³-hybridized carbons (Fsp3) is 0.500. The van der Waals surface area contributed by atoms with Crippen molar-refractivity contribution >= 4 is 11.8 Å². The van der Waals surface area contributed by atoms with Gasteiger partial charge in [0.1, 0.15) is 17.3 Å². The third-order valence-electron chi connectivity index (χ3n) is 2.66. The molecular weight excluding hydrogens is 248 g/mol. The molecular formula is C12H18N4OS. The fourth-order valence-electron chi connectivity index (χ4n) is 1.49. The third kappa shape index (κ3) is 3.14. The van der Waals surface area contributed by atoms with Crippen LogP contribution in [-0.2, 0) is 19.3 Å². The summed E-state index contributed by atoms with van der Waals surface area (Å²) >= 11 is 1.63. The van der Waals surface area contributed by atoms with Crippen LogP contribution < -0.4 is 5.32 Å². The van der Waals surface area contributed by atoms with Gasteiger partial charge >= 0.3 is 0 Å². The van der Waals surface area contributed by atoms with Crippen molar-refractivity contribution in [2.75, 3.05) is 6.54 Å². The molecule has 0 unspecified atom stereocenters. The molecule has 1 N–H and O–H groups in total. The van der Waals surface area contributed by atoms with E-state index in [0.717, 1.165) is 41.3 Å². The second-order valence-electron chi connectivity index (χ2n) is 4.03. The van der Waals surface area contributed by atoms with Crippen molar-refractivity contribution < 1.29 is 4.42 Å². The molecule has 98 valence electrons. The number of rotatable bonds is 6. The summed E-state index contributed by atoms with van der Waals surface area (Å²) in [7, 11) is 1.97. The molecule has 6 heteroatoms. The molecule has 2 heterocycles. The smallest absolute Gasteiger partial charge is 0.191 e. The van der Waals surface area contributed by atoms with Crippen LogP contribution in [0, 0.1) is 6.92 Å². The quantitative estimate of drug-likeness (QED) is 0.812. The first-order chi connectivity index (χ1) is 8.70. The van der Waals surface area contributed by atoms with Gasteiger partial charge in [-0.3, -0.25) is 0 Å². The van der Waals surface area contributed by atoms with Crippen LogP contribution in [0.1, 0.15) is 24.3 Å². The minimum absolute atomic E-state index is 0.776. The first-order valence-electron chi connectivity index (χ1n) is 5.97. The normalized spacial score (nSPS) is 11.1. The Kier molecular flexibility index (Phi) is 4.43. The molecule has 0 radical (unpaired) electrons. The highest BCUT2D eigenvalue weighted by Crippen LogP contribution is 2.22. The zero-order valence-corrected chi connectivity index (χ0v) is 11.8. The van der Waals surface area contributed by atoms with E-state index in [9.17, 15) is 0 Å². The lowest BCUT2D eigenvalue weighted by molar-refractivity contribution is 0.462. The molecule has 0 atom stereocenters. The summed E-state index contributed by atoms with van der Waals surface area (Å²) in [6, 6.07) is 4.03. The number of nitrogens with one attached hydrogen (secondary N) is 1. The van der Waals surface area contributed by atoms with Crippen LogP contribution in [-0.4, -0.2) is 21.3 Å². The Balaban J connectivity index is 1.90. The Hall–Kier alpha value is -1.27. The van der Waals surface area contributed by atoms with Gasteiger partial charge in [-0.05, 0) is 25.6 Å². The van der Waals surface area contributed by atoms with Gasteiger partial charge in [0.2, 0.25) is 0 Å². The summed E-state index contributed by atoms with van der Waals surface area (Å²) in [5.41, 5.74) is 0. The molecule has 0 aliphatic rings. The summed E-state index contributed by atoms with van der Waals surface area (Å²) in [4.78, 5) is 0. The summed E-state index contributed by atoms with van der Waals surface area (Å²) < 4.78 is 7.69. The van der Waals surface area contributed by atoms with Gasteiger partial charge in [-0.1, -0.05) is 18.7 Å². The highest BCUT2D eigenvalue weighted by Gasteiger charge is 2.08. The number of aryl methyl sites for hydroxylation is 1. The SMILES string of the molecule is CCNCc1ccc(CSc2nnc(C)n2C)o1. The summed E-state index contributed by atoms with van der Waals surface area (Å²) in [6.45, 7) is 5.75. The molecule has 18 heavy (non-hydrogen) atoms. The van der Waals surface area contributed by atoms with Crippen molar-refractivity contribution in [2.45, 2.75) is 31.3 Å². The van der Waals surface area contributed by atoms with Crippen LogP contribution in [0.15, 0.2) is 21.7 Å². The van der Waals surface area contributed by atoms with Crippen molar-refractivity contribution in [3.8, 4) is 0 Å². The van der Waals surface area contributed by atoms with Crippen LogP contribution in [0.2, 0.25) is 0 Å². The molecule has 0 spiro atoms. The Morgan fingerprint density at radius 1 is 1.33 bits per heavy atom. The van der Waals surface area contributed by atoms with E-state index in [-0.39, 0.29) is 0 Å². The summed E-state index contributed by atoms with van der Waals surface area (Å²) in [6.07, 6.45) is 0. The lowest BCUT2D eigenvalue weighted by atomic mass is 10.4. The lowest BCUT2D eigenvalue weighted by Gasteiger charge is -2.00. The van der Waals surface area contributed by atoms with Crippen LogP contribution in [0.5, 0.6) is 0 Å². The largest absolute Gasteiger partial charge is 0.464 e. The second-order valence-corrected chi connectivity index (χ2v) is 4.97. The van der Waals surface area contributed by atoms with Gasteiger partial charge < -0.3 is 14.3 Å². The van der Waals surface area contributed by atoms with Gasteiger partial charge in [0, 0.05) is 7.05 Å². The molecule has 0 aromatic carbocycles. The first-order valence-corrected chi connectivity index (χ1v) is 6.96. The number of hydrogen-bond acceptors (Lipinski definition) is 5. The lowest BCUT2D eigenvalue weighted by Crippen LogP contribution is -2.10. The molecule has 0 fully saturated rings. The molecule has 0 bridgehead atoms. The van der Waals surface area contributed by atoms with E-state index in [2.05, 4.69) is 22.4 Å². The molecule has 2 rings (SSSR count). The predicted molar refractivity (Wildman–Crippen MR) is 71.4 cm³/mol. The van der Waals surface area contributed by atoms with E-state index < -0.39 is 0 Å². The zero-order valence-electron chi connectivity index (χ0n) is 10.9. The number of aromatic nitrogens is 3. The average molecular weight is 266 g/mol. The number of thioether (sulfide) groups is 1.